The number of amidine groups is 1. The number of aromatic nitrogens is 1. The molecule has 0 aliphatic carbocycles. The van der Waals surface area contributed by atoms with Gasteiger partial charge in [0.15, 0.2) is 10.3 Å². The molecule has 1 unspecified atom stereocenters. The quantitative estimate of drug-likeness (QED) is 0.799. The zero-order valence-electron chi connectivity index (χ0n) is 14.8. The standard InChI is InChI=1S/C18H18N4O3S2/c1-11-14(9-15(23)21-17-19-6-7-26-17)16(24)22-18(20-11)27-10-12-4-3-5-13(8-12)25-2/h3-8,14H,9-10H2,1-2H3,(H,19,21,23). The lowest BCUT2D eigenvalue weighted by Crippen LogP contribution is -2.30. The monoisotopic (exact) mass is 402 g/mol. The van der Waals surface area contributed by atoms with Gasteiger partial charge in [-0.1, -0.05) is 23.9 Å². The predicted molar refractivity (Wildman–Crippen MR) is 109 cm³/mol. The molecule has 1 aromatic carbocycles. The summed E-state index contributed by atoms with van der Waals surface area (Å²) in [6.45, 7) is 1.75. The Morgan fingerprint density at radius 2 is 2.22 bits per heavy atom. The van der Waals surface area contributed by atoms with Crippen LogP contribution in [-0.2, 0) is 15.3 Å². The Balaban J connectivity index is 1.58. The molecule has 1 aliphatic rings. The van der Waals surface area contributed by atoms with E-state index in [2.05, 4.69) is 20.3 Å². The highest BCUT2D eigenvalue weighted by Gasteiger charge is 2.28. The first-order chi connectivity index (χ1) is 13.0. The number of nitrogens with zero attached hydrogens (tertiary/aromatic N) is 3. The molecule has 2 heterocycles. The summed E-state index contributed by atoms with van der Waals surface area (Å²) in [7, 11) is 1.62. The molecule has 27 heavy (non-hydrogen) atoms. The Morgan fingerprint density at radius 1 is 1.37 bits per heavy atom. The minimum Gasteiger partial charge on any atom is -0.497 e. The summed E-state index contributed by atoms with van der Waals surface area (Å²) < 4.78 is 5.21. The van der Waals surface area contributed by atoms with Crippen molar-refractivity contribution in [1.29, 1.82) is 0 Å². The third kappa shape index (κ3) is 5.24. The second-order valence-electron chi connectivity index (χ2n) is 5.77. The molecule has 0 saturated carbocycles. The van der Waals surface area contributed by atoms with Crippen LogP contribution in [-0.4, -0.2) is 34.8 Å². The van der Waals surface area contributed by atoms with Crippen LogP contribution in [0.2, 0.25) is 0 Å². The summed E-state index contributed by atoms with van der Waals surface area (Å²) >= 11 is 2.70. The molecule has 0 radical (unpaired) electrons. The Bertz CT molecular complexity index is 894. The second-order valence-corrected chi connectivity index (χ2v) is 7.61. The molecular formula is C18H18N4O3S2. The fraction of sp³-hybridized carbons (Fsp3) is 0.278. The fourth-order valence-electron chi connectivity index (χ4n) is 2.46. The van der Waals surface area contributed by atoms with Gasteiger partial charge in [-0.2, -0.15) is 4.99 Å². The lowest BCUT2D eigenvalue weighted by atomic mass is 9.98. The zero-order valence-corrected chi connectivity index (χ0v) is 16.5. The molecule has 140 valence electrons. The van der Waals surface area contributed by atoms with Crippen LogP contribution in [0.3, 0.4) is 0 Å². The van der Waals surface area contributed by atoms with E-state index in [-0.39, 0.29) is 18.2 Å². The molecule has 0 bridgehead atoms. The van der Waals surface area contributed by atoms with Gasteiger partial charge in [0.25, 0.3) is 5.91 Å². The predicted octanol–water partition coefficient (Wildman–Crippen LogP) is 3.39. The number of rotatable bonds is 6. The van der Waals surface area contributed by atoms with E-state index >= 15 is 0 Å². The smallest absolute Gasteiger partial charge is 0.257 e. The molecule has 2 aromatic rings. The van der Waals surface area contributed by atoms with Gasteiger partial charge in [0.1, 0.15) is 5.75 Å². The van der Waals surface area contributed by atoms with Gasteiger partial charge in [-0.25, -0.2) is 9.98 Å². The molecular weight excluding hydrogens is 384 g/mol. The Labute approximate surface area is 165 Å². The van der Waals surface area contributed by atoms with Crippen LogP contribution < -0.4 is 10.1 Å². The van der Waals surface area contributed by atoms with Crippen LogP contribution in [0.5, 0.6) is 5.75 Å². The van der Waals surface area contributed by atoms with Gasteiger partial charge >= 0.3 is 0 Å². The maximum Gasteiger partial charge on any atom is 0.257 e. The molecule has 1 atom stereocenters. The third-order valence-corrected chi connectivity index (χ3v) is 5.46. The summed E-state index contributed by atoms with van der Waals surface area (Å²) in [5.74, 6) is 0.146. The number of methoxy groups -OCH3 is 1. The van der Waals surface area contributed by atoms with Gasteiger partial charge in [0.2, 0.25) is 5.91 Å². The van der Waals surface area contributed by atoms with Gasteiger partial charge in [-0.3, -0.25) is 9.59 Å². The summed E-state index contributed by atoms with van der Waals surface area (Å²) in [5.41, 5.74) is 1.64. The van der Waals surface area contributed by atoms with Gasteiger partial charge in [0.05, 0.1) is 13.0 Å². The Morgan fingerprint density at radius 3 is 2.93 bits per heavy atom. The zero-order chi connectivity index (χ0) is 19.2. The Kier molecular flexibility index (Phi) is 6.36. The number of carbonyl (C=O) groups is 2. The number of amides is 2. The van der Waals surface area contributed by atoms with E-state index in [1.54, 1.807) is 25.6 Å². The van der Waals surface area contributed by atoms with E-state index in [9.17, 15) is 9.59 Å². The van der Waals surface area contributed by atoms with Crippen LogP contribution >= 0.6 is 23.1 Å². The lowest BCUT2D eigenvalue weighted by Gasteiger charge is -2.17. The number of hydrogen-bond acceptors (Lipinski definition) is 7. The van der Waals surface area contributed by atoms with E-state index in [0.29, 0.717) is 21.8 Å². The van der Waals surface area contributed by atoms with Gasteiger partial charge < -0.3 is 10.1 Å². The van der Waals surface area contributed by atoms with E-state index in [4.69, 9.17) is 4.74 Å². The van der Waals surface area contributed by atoms with Gasteiger partial charge in [0, 0.05) is 29.5 Å². The average molecular weight is 403 g/mol. The van der Waals surface area contributed by atoms with Crippen LogP contribution in [0.1, 0.15) is 18.9 Å². The Hall–Kier alpha value is -2.52. The maximum atomic E-state index is 12.4. The van der Waals surface area contributed by atoms with Crippen molar-refractivity contribution in [3.05, 3.63) is 41.4 Å². The SMILES string of the molecule is COc1cccc(CSC2=NC(=O)C(CC(=O)Nc3nccs3)C(C)=N2)c1. The number of carbonyl (C=O) groups excluding carboxylic acids is 2. The largest absolute Gasteiger partial charge is 0.497 e. The highest BCUT2D eigenvalue weighted by atomic mass is 32.2. The summed E-state index contributed by atoms with van der Waals surface area (Å²) in [5, 5.41) is 5.37. The van der Waals surface area contributed by atoms with Crippen LogP contribution in [0.4, 0.5) is 5.13 Å². The van der Waals surface area contributed by atoms with Crippen molar-refractivity contribution in [1.82, 2.24) is 4.98 Å². The molecule has 7 nitrogen and oxygen atoms in total. The molecule has 1 aromatic heterocycles. The van der Waals surface area contributed by atoms with E-state index in [0.717, 1.165) is 11.3 Å². The topological polar surface area (TPSA) is 93.0 Å². The molecule has 0 saturated heterocycles. The number of hydrogen-bond donors (Lipinski definition) is 1. The summed E-state index contributed by atoms with van der Waals surface area (Å²) in [6.07, 6.45) is 1.61. The first-order valence-corrected chi connectivity index (χ1v) is 10.0. The highest BCUT2D eigenvalue weighted by Crippen LogP contribution is 2.23. The molecule has 1 N–H and O–H groups in total. The van der Waals surface area contributed by atoms with Crippen molar-refractivity contribution in [2.24, 2.45) is 15.9 Å². The van der Waals surface area contributed by atoms with Gasteiger partial charge in [-0.05, 0) is 24.6 Å². The number of thioether (sulfide) groups is 1. The molecule has 3 rings (SSSR count). The van der Waals surface area contributed by atoms with Crippen molar-refractivity contribution in [2.75, 3.05) is 12.4 Å². The summed E-state index contributed by atoms with van der Waals surface area (Å²) in [4.78, 5) is 36.9. The van der Waals surface area contributed by atoms with Crippen molar-refractivity contribution < 1.29 is 14.3 Å². The van der Waals surface area contributed by atoms with Crippen LogP contribution in [0.15, 0.2) is 45.8 Å². The average Bonchev–Trinajstić information content (AvgIpc) is 3.16. The number of nitrogens with one attached hydrogen (secondary N) is 1. The van der Waals surface area contributed by atoms with Crippen LogP contribution in [0.25, 0.3) is 0 Å². The third-order valence-electron chi connectivity index (χ3n) is 3.85. The normalized spacial score (nSPS) is 16.5. The maximum absolute atomic E-state index is 12.4. The highest BCUT2D eigenvalue weighted by molar-refractivity contribution is 8.13. The molecule has 2 amide bonds. The van der Waals surface area contributed by atoms with E-state index in [1.807, 2.05) is 24.3 Å². The van der Waals surface area contributed by atoms with Crippen molar-refractivity contribution >= 4 is 50.9 Å². The first-order valence-electron chi connectivity index (χ1n) is 8.18. The number of thiazole rings is 1. The number of aliphatic imine (C=N–C) groups is 2. The van der Waals surface area contributed by atoms with E-state index < -0.39 is 5.92 Å². The fourth-order valence-corrected chi connectivity index (χ4v) is 3.84. The molecule has 0 fully saturated rings. The van der Waals surface area contributed by atoms with Gasteiger partial charge in [-0.15, -0.1) is 11.3 Å². The minimum absolute atomic E-state index is 0.00504. The van der Waals surface area contributed by atoms with Crippen molar-refractivity contribution in [3.8, 4) is 5.75 Å². The minimum atomic E-state index is -0.633. The second kappa shape index (κ2) is 8.92. The lowest BCUT2D eigenvalue weighted by molar-refractivity contribution is -0.124. The number of anilines is 1. The number of ether oxygens (including phenoxy) is 1. The number of benzene rings is 1. The molecule has 1 aliphatic heterocycles. The molecule has 0 spiro atoms. The molecule has 9 heteroatoms. The van der Waals surface area contributed by atoms with Crippen molar-refractivity contribution in [2.45, 2.75) is 19.1 Å². The summed E-state index contributed by atoms with van der Waals surface area (Å²) in [6, 6.07) is 7.69. The first kappa shape index (κ1) is 19.2. The van der Waals surface area contributed by atoms with E-state index in [1.165, 1.54) is 23.1 Å². The van der Waals surface area contributed by atoms with Crippen molar-refractivity contribution in [3.63, 3.8) is 0 Å². The van der Waals surface area contributed by atoms with Crippen LogP contribution in [0, 0.1) is 5.92 Å².